The highest BCUT2D eigenvalue weighted by atomic mass is 32.2. The Kier molecular flexibility index (Phi) is 8.69. The number of nitriles is 1. The second kappa shape index (κ2) is 12.8. The summed E-state index contributed by atoms with van der Waals surface area (Å²) in [4.78, 5) is 32.4. The van der Waals surface area contributed by atoms with Crippen molar-refractivity contribution in [3.8, 4) is 23.2 Å². The van der Waals surface area contributed by atoms with Gasteiger partial charge in [-0.25, -0.2) is 15.9 Å². The first-order valence-electron chi connectivity index (χ1n) is 15.0. The van der Waals surface area contributed by atoms with E-state index in [1.165, 1.54) is 6.08 Å². The minimum atomic E-state index is -0.557. The molecule has 3 aliphatic heterocycles. The number of anilines is 1. The van der Waals surface area contributed by atoms with E-state index in [1.807, 2.05) is 24.1 Å². The minimum Gasteiger partial charge on any atom is -0.475 e. The van der Waals surface area contributed by atoms with E-state index in [9.17, 15) is 10.1 Å². The molecule has 3 aliphatic rings. The SMILES string of the molecule is [C-]#[N+]C[C@H]1CN(c2c(C#N)c(OC[C@@H]3CCCN3C)nc3c(F)c(-c4cccc5c4CCCS5)ncc23)CCN1C(=O)C=C. The van der Waals surface area contributed by atoms with Gasteiger partial charge < -0.3 is 24.3 Å². The van der Waals surface area contributed by atoms with Gasteiger partial charge in [-0.1, -0.05) is 18.7 Å². The quantitative estimate of drug-likeness (QED) is 0.274. The molecular formula is C33H34FN7O2S. The molecule has 6 rings (SSSR count). The molecule has 0 spiro atoms. The number of carbonyl (C=O) groups excluding carboxylic acids is 1. The molecule has 3 aromatic rings. The van der Waals surface area contributed by atoms with Gasteiger partial charge in [-0.05, 0) is 62.7 Å². The van der Waals surface area contributed by atoms with Crippen LogP contribution in [-0.4, -0.2) is 89.9 Å². The van der Waals surface area contributed by atoms with Gasteiger partial charge in [0.1, 0.15) is 35.5 Å². The maximum absolute atomic E-state index is 16.7. The van der Waals surface area contributed by atoms with E-state index in [-0.39, 0.29) is 47.7 Å². The highest BCUT2D eigenvalue weighted by Crippen LogP contribution is 2.41. The molecule has 9 nitrogen and oxygen atoms in total. The van der Waals surface area contributed by atoms with Crippen LogP contribution in [0.25, 0.3) is 27.0 Å². The van der Waals surface area contributed by atoms with Gasteiger partial charge in [-0.3, -0.25) is 9.78 Å². The number of hydrogen-bond acceptors (Lipinski definition) is 8. The van der Waals surface area contributed by atoms with Crippen molar-refractivity contribution in [2.45, 2.75) is 42.7 Å². The highest BCUT2D eigenvalue weighted by Gasteiger charge is 2.35. The summed E-state index contributed by atoms with van der Waals surface area (Å²) in [5.74, 6) is 0.314. The number of nitrogens with zero attached hydrogens (tertiary/aromatic N) is 7. The summed E-state index contributed by atoms with van der Waals surface area (Å²) in [7, 11) is 2.05. The molecule has 0 saturated carbocycles. The van der Waals surface area contributed by atoms with E-state index >= 15 is 4.39 Å². The van der Waals surface area contributed by atoms with Crippen LogP contribution in [-0.2, 0) is 11.2 Å². The maximum Gasteiger partial charge on any atom is 0.246 e. The third-order valence-electron chi connectivity index (χ3n) is 8.88. The fraction of sp³-hybridized carbons (Fsp3) is 0.424. The Bertz CT molecular complexity index is 1700. The number of rotatable bonds is 7. The van der Waals surface area contributed by atoms with Crippen LogP contribution in [0.3, 0.4) is 0 Å². The molecule has 2 saturated heterocycles. The topological polar surface area (TPSA) is 90.0 Å². The lowest BCUT2D eigenvalue weighted by Gasteiger charge is -2.40. The molecule has 5 heterocycles. The second-order valence-electron chi connectivity index (χ2n) is 11.4. The Hall–Kier alpha value is -4.19. The summed E-state index contributed by atoms with van der Waals surface area (Å²) in [5.41, 5.74) is 2.83. The van der Waals surface area contributed by atoms with Crippen molar-refractivity contribution in [1.29, 1.82) is 5.26 Å². The van der Waals surface area contributed by atoms with Crippen LogP contribution >= 0.6 is 11.8 Å². The van der Waals surface area contributed by atoms with Gasteiger partial charge in [0.25, 0.3) is 0 Å². The summed E-state index contributed by atoms with van der Waals surface area (Å²) in [6.45, 7) is 13.5. The molecule has 0 unspecified atom stereocenters. The monoisotopic (exact) mass is 611 g/mol. The van der Waals surface area contributed by atoms with Crippen molar-refractivity contribution in [2.75, 3.05) is 57.0 Å². The first-order chi connectivity index (χ1) is 21.4. The lowest BCUT2D eigenvalue weighted by molar-refractivity contribution is -0.128. The van der Waals surface area contributed by atoms with Crippen LogP contribution in [0, 0.1) is 23.7 Å². The molecule has 226 valence electrons. The molecule has 2 atom stereocenters. The van der Waals surface area contributed by atoms with E-state index in [0.717, 1.165) is 54.0 Å². The summed E-state index contributed by atoms with van der Waals surface area (Å²) >= 11 is 1.77. The van der Waals surface area contributed by atoms with Gasteiger partial charge in [-0.15, -0.1) is 11.8 Å². The fourth-order valence-corrected chi connectivity index (χ4v) is 7.65. The van der Waals surface area contributed by atoms with Crippen molar-refractivity contribution < 1.29 is 13.9 Å². The van der Waals surface area contributed by atoms with Gasteiger partial charge in [-0.2, -0.15) is 5.26 Å². The van der Waals surface area contributed by atoms with Crippen molar-refractivity contribution in [1.82, 2.24) is 19.8 Å². The van der Waals surface area contributed by atoms with Gasteiger partial charge in [0, 0.05) is 47.7 Å². The van der Waals surface area contributed by atoms with Gasteiger partial charge in [0.05, 0.1) is 5.69 Å². The number of fused-ring (bicyclic) bond motifs is 2. The van der Waals surface area contributed by atoms with Crippen LogP contribution in [0.4, 0.5) is 10.1 Å². The molecule has 0 aliphatic carbocycles. The summed E-state index contributed by atoms with van der Waals surface area (Å²) in [6.07, 6.45) is 6.75. The average molecular weight is 612 g/mol. The molecule has 2 aromatic heterocycles. The zero-order valence-corrected chi connectivity index (χ0v) is 25.6. The number of halogens is 1. The van der Waals surface area contributed by atoms with Crippen LogP contribution in [0.2, 0.25) is 0 Å². The molecular weight excluding hydrogens is 577 g/mol. The van der Waals surface area contributed by atoms with Gasteiger partial charge in [0.15, 0.2) is 5.82 Å². The Morgan fingerprint density at radius 3 is 2.93 bits per heavy atom. The normalized spacial score (nSPS) is 20.2. The first-order valence-corrected chi connectivity index (χ1v) is 15.9. The van der Waals surface area contributed by atoms with E-state index in [1.54, 1.807) is 22.9 Å². The molecule has 1 amide bonds. The van der Waals surface area contributed by atoms with Gasteiger partial charge >= 0.3 is 0 Å². The van der Waals surface area contributed by atoms with Crippen LogP contribution in [0.15, 0.2) is 41.9 Å². The highest BCUT2D eigenvalue weighted by molar-refractivity contribution is 7.99. The number of ether oxygens (including phenoxy) is 1. The van der Waals surface area contributed by atoms with E-state index < -0.39 is 11.9 Å². The Balaban J connectivity index is 1.49. The molecule has 0 bridgehead atoms. The van der Waals surface area contributed by atoms with Crippen LogP contribution in [0.5, 0.6) is 5.88 Å². The summed E-state index contributed by atoms with van der Waals surface area (Å²) < 4.78 is 22.9. The van der Waals surface area contributed by atoms with E-state index in [4.69, 9.17) is 11.3 Å². The van der Waals surface area contributed by atoms with E-state index in [2.05, 4.69) is 38.4 Å². The van der Waals surface area contributed by atoms with Crippen molar-refractivity contribution in [3.05, 3.63) is 65.4 Å². The molecule has 0 N–H and O–H groups in total. The molecule has 1 aromatic carbocycles. The predicted octanol–water partition coefficient (Wildman–Crippen LogP) is 4.94. The fourth-order valence-electron chi connectivity index (χ4n) is 6.58. The predicted molar refractivity (Wildman–Crippen MR) is 169 cm³/mol. The number of hydrogen-bond donors (Lipinski definition) is 0. The number of carbonyl (C=O) groups is 1. The molecule has 0 radical (unpaired) electrons. The standard InChI is InChI=1S/C33H34FN7O2S/c1-4-28(42)41-14-13-40(19-22(41)17-36-2)32-25(16-35)33(43-20-21-8-6-12-39(21)3)38-31-26(32)18-37-30(29(31)34)24-9-5-11-27-23(24)10-7-15-44-27/h4-5,9,11,18,21-22H,1,6-8,10,12-15,17,19-20H2,3H3/t21-,22-/m0/s1. The second-order valence-corrected chi connectivity index (χ2v) is 12.6. The number of aromatic nitrogens is 2. The van der Waals surface area contributed by atoms with Crippen molar-refractivity contribution >= 4 is 34.3 Å². The average Bonchev–Trinajstić information content (AvgIpc) is 3.47. The Morgan fingerprint density at radius 2 is 2.18 bits per heavy atom. The lowest BCUT2D eigenvalue weighted by Crippen LogP contribution is -2.56. The number of thioether (sulfide) groups is 1. The number of pyridine rings is 2. The zero-order chi connectivity index (χ0) is 30.8. The first kappa shape index (κ1) is 29.9. The van der Waals surface area contributed by atoms with Crippen LogP contribution < -0.4 is 9.64 Å². The molecule has 11 heteroatoms. The van der Waals surface area contributed by atoms with Crippen LogP contribution in [0.1, 0.15) is 30.4 Å². The smallest absolute Gasteiger partial charge is 0.246 e. The Morgan fingerprint density at radius 1 is 1.32 bits per heavy atom. The number of likely N-dealkylation sites (N-methyl/N-ethyl adjacent to an activating group) is 1. The number of likely N-dealkylation sites (tertiary alicyclic amines) is 1. The largest absolute Gasteiger partial charge is 0.475 e. The number of benzene rings is 1. The lowest BCUT2D eigenvalue weighted by atomic mass is 9.98. The summed E-state index contributed by atoms with van der Waals surface area (Å²) in [6, 6.07) is 7.94. The minimum absolute atomic E-state index is 0.0864. The third kappa shape index (κ3) is 5.47. The van der Waals surface area contributed by atoms with Crippen molar-refractivity contribution in [3.63, 3.8) is 0 Å². The van der Waals surface area contributed by atoms with E-state index in [0.29, 0.717) is 30.8 Å². The third-order valence-corrected chi connectivity index (χ3v) is 10.1. The van der Waals surface area contributed by atoms with Gasteiger partial charge in [0.2, 0.25) is 18.3 Å². The number of amides is 1. The number of piperazine rings is 1. The zero-order valence-electron chi connectivity index (χ0n) is 24.8. The maximum atomic E-state index is 16.7. The van der Waals surface area contributed by atoms with Crippen molar-refractivity contribution in [2.24, 2.45) is 0 Å². The Labute approximate surface area is 261 Å². The summed E-state index contributed by atoms with van der Waals surface area (Å²) in [5, 5.41) is 10.9. The molecule has 2 fully saturated rings. The molecule has 44 heavy (non-hydrogen) atoms.